The van der Waals surface area contributed by atoms with E-state index in [4.69, 9.17) is 5.26 Å². The highest BCUT2D eigenvalue weighted by Gasteiger charge is 2.16. The van der Waals surface area contributed by atoms with Crippen molar-refractivity contribution in [1.29, 1.82) is 5.26 Å². The molecule has 1 N–H and O–H groups in total. The molecule has 0 aromatic heterocycles. The van der Waals surface area contributed by atoms with Gasteiger partial charge in [0.25, 0.3) is 0 Å². The fourth-order valence-electron chi connectivity index (χ4n) is 1.81. The lowest BCUT2D eigenvalue weighted by atomic mass is 9.94. The van der Waals surface area contributed by atoms with Gasteiger partial charge in [-0.25, -0.2) is 0 Å². The van der Waals surface area contributed by atoms with Crippen molar-refractivity contribution in [2.75, 3.05) is 0 Å². The van der Waals surface area contributed by atoms with Crippen molar-refractivity contribution in [1.82, 2.24) is 0 Å². The summed E-state index contributed by atoms with van der Waals surface area (Å²) >= 11 is 0. The van der Waals surface area contributed by atoms with Crippen molar-refractivity contribution in [3.63, 3.8) is 0 Å². The number of nitriles is 1. The van der Waals surface area contributed by atoms with E-state index in [9.17, 15) is 5.11 Å². The van der Waals surface area contributed by atoms with E-state index in [2.05, 4.69) is 19.9 Å². The molecule has 0 aliphatic carbocycles. The Labute approximate surface area is 94.3 Å². The Balaban J connectivity index is 3.53. The summed E-state index contributed by atoms with van der Waals surface area (Å²) in [5, 5.41) is 18.6. The summed E-state index contributed by atoms with van der Waals surface area (Å²) < 4.78 is 0. The summed E-state index contributed by atoms with van der Waals surface area (Å²) in [5.74, 6) is -0.152. The normalized spacial score (nSPS) is 14.5. The van der Waals surface area contributed by atoms with Crippen LogP contribution < -0.4 is 0 Å². The second kappa shape index (κ2) is 9.98. The first-order valence-electron chi connectivity index (χ1n) is 6.33. The first kappa shape index (κ1) is 14.5. The fraction of sp³-hybridized carbons (Fsp3) is 0.923. The summed E-state index contributed by atoms with van der Waals surface area (Å²) in [6, 6.07) is 2.20. The maximum absolute atomic E-state index is 9.77. The third-order valence-electron chi connectivity index (χ3n) is 2.83. The zero-order chi connectivity index (χ0) is 11.5. The van der Waals surface area contributed by atoms with Gasteiger partial charge in [-0.1, -0.05) is 52.4 Å². The minimum Gasteiger partial charge on any atom is -0.392 e. The summed E-state index contributed by atoms with van der Waals surface area (Å²) in [6.07, 6.45) is 8.23. The molecule has 0 fully saturated rings. The van der Waals surface area contributed by atoms with Gasteiger partial charge in [-0.15, -0.1) is 0 Å². The van der Waals surface area contributed by atoms with Gasteiger partial charge < -0.3 is 5.11 Å². The van der Waals surface area contributed by atoms with Crippen LogP contribution in [0, 0.1) is 17.2 Å². The van der Waals surface area contributed by atoms with Gasteiger partial charge in [0, 0.05) is 0 Å². The Morgan fingerprint density at radius 1 is 1.00 bits per heavy atom. The maximum atomic E-state index is 9.77. The SMILES string of the molecule is CCCCCCCC(O)C(C#N)CCC. The highest BCUT2D eigenvalue weighted by atomic mass is 16.3. The molecule has 2 atom stereocenters. The quantitative estimate of drug-likeness (QED) is 0.592. The molecule has 0 heterocycles. The van der Waals surface area contributed by atoms with E-state index in [0.717, 1.165) is 25.7 Å². The predicted molar refractivity (Wildman–Crippen MR) is 63.4 cm³/mol. The van der Waals surface area contributed by atoms with Gasteiger partial charge in [0.05, 0.1) is 18.1 Å². The van der Waals surface area contributed by atoms with Gasteiger partial charge in [-0.2, -0.15) is 5.26 Å². The minimum atomic E-state index is -0.406. The van der Waals surface area contributed by atoms with Gasteiger partial charge in [-0.3, -0.25) is 0 Å². The van der Waals surface area contributed by atoms with Crippen molar-refractivity contribution < 1.29 is 5.11 Å². The van der Waals surface area contributed by atoms with E-state index >= 15 is 0 Å². The molecular formula is C13H25NO. The Morgan fingerprint density at radius 2 is 1.67 bits per heavy atom. The monoisotopic (exact) mass is 211 g/mol. The zero-order valence-corrected chi connectivity index (χ0v) is 10.2. The Kier molecular flexibility index (Phi) is 9.62. The predicted octanol–water partition coefficient (Wildman–Crippen LogP) is 3.65. The van der Waals surface area contributed by atoms with E-state index in [-0.39, 0.29) is 5.92 Å². The number of nitrogens with zero attached hydrogens (tertiary/aromatic N) is 1. The Bertz CT molecular complexity index is 174. The average Bonchev–Trinajstić information content (AvgIpc) is 2.25. The zero-order valence-electron chi connectivity index (χ0n) is 10.2. The van der Waals surface area contributed by atoms with Crippen LogP contribution in [0.3, 0.4) is 0 Å². The van der Waals surface area contributed by atoms with E-state index in [1.54, 1.807) is 0 Å². The number of unbranched alkanes of at least 4 members (excludes halogenated alkanes) is 4. The van der Waals surface area contributed by atoms with Crippen molar-refractivity contribution in [3.05, 3.63) is 0 Å². The molecule has 15 heavy (non-hydrogen) atoms. The molecule has 0 saturated heterocycles. The highest BCUT2D eigenvalue weighted by Crippen LogP contribution is 2.16. The Morgan fingerprint density at radius 3 is 2.20 bits per heavy atom. The average molecular weight is 211 g/mol. The van der Waals surface area contributed by atoms with E-state index in [1.807, 2.05) is 0 Å². The molecule has 0 radical (unpaired) electrons. The van der Waals surface area contributed by atoms with Crippen molar-refractivity contribution >= 4 is 0 Å². The van der Waals surface area contributed by atoms with E-state index in [0.29, 0.717) is 0 Å². The summed E-state index contributed by atoms with van der Waals surface area (Å²) in [5.41, 5.74) is 0. The molecular weight excluding hydrogens is 186 g/mol. The minimum absolute atomic E-state index is 0.152. The molecule has 0 saturated carbocycles. The van der Waals surface area contributed by atoms with E-state index < -0.39 is 6.10 Å². The van der Waals surface area contributed by atoms with Crippen molar-refractivity contribution in [2.24, 2.45) is 5.92 Å². The molecule has 0 rings (SSSR count). The molecule has 0 aromatic carbocycles. The van der Waals surface area contributed by atoms with Gasteiger partial charge in [0.15, 0.2) is 0 Å². The van der Waals surface area contributed by atoms with Crippen molar-refractivity contribution in [3.8, 4) is 6.07 Å². The first-order chi connectivity index (χ1) is 7.26. The van der Waals surface area contributed by atoms with Gasteiger partial charge in [0.1, 0.15) is 0 Å². The molecule has 2 unspecified atom stereocenters. The second-order valence-corrected chi connectivity index (χ2v) is 4.29. The van der Waals surface area contributed by atoms with Gasteiger partial charge in [0.2, 0.25) is 0 Å². The van der Waals surface area contributed by atoms with Crippen LogP contribution in [0.1, 0.15) is 65.2 Å². The Hall–Kier alpha value is -0.550. The van der Waals surface area contributed by atoms with Crippen LogP contribution in [-0.2, 0) is 0 Å². The van der Waals surface area contributed by atoms with Crippen LogP contribution in [0.5, 0.6) is 0 Å². The maximum Gasteiger partial charge on any atom is 0.0722 e. The molecule has 0 aliphatic heterocycles. The number of hydrogen-bond donors (Lipinski definition) is 1. The van der Waals surface area contributed by atoms with Gasteiger partial charge >= 0.3 is 0 Å². The molecule has 88 valence electrons. The topological polar surface area (TPSA) is 44.0 Å². The van der Waals surface area contributed by atoms with Crippen LogP contribution >= 0.6 is 0 Å². The summed E-state index contributed by atoms with van der Waals surface area (Å²) in [6.45, 7) is 4.25. The van der Waals surface area contributed by atoms with E-state index in [1.165, 1.54) is 25.7 Å². The molecule has 0 aliphatic rings. The van der Waals surface area contributed by atoms with Crippen LogP contribution in [0.2, 0.25) is 0 Å². The van der Waals surface area contributed by atoms with Crippen LogP contribution in [-0.4, -0.2) is 11.2 Å². The number of rotatable bonds is 9. The molecule has 0 spiro atoms. The lowest BCUT2D eigenvalue weighted by Gasteiger charge is -2.15. The van der Waals surface area contributed by atoms with Crippen LogP contribution in [0.25, 0.3) is 0 Å². The molecule has 2 nitrogen and oxygen atoms in total. The lowest BCUT2D eigenvalue weighted by molar-refractivity contribution is 0.116. The summed E-state index contributed by atoms with van der Waals surface area (Å²) in [4.78, 5) is 0. The third kappa shape index (κ3) is 7.39. The molecule has 2 heteroatoms. The smallest absolute Gasteiger partial charge is 0.0722 e. The van der Waals surface area contributed by atoms with Crippen LogP contribution in [0.15, 0.2) is 0 Å². The lowest BCUT2D eigenvalue weighted by Crippen LogP contribution is -2.18. The summed E-state index contributed by atoms with van der Waals surface area (Å²) in [7, 11) is 0. The fourth-order valence-corrected chi connectivity index (χ4v) is 1.81. The van der Waals surface area contributed by atoms with Gasteiger partial charge in [-0.05, 0) is 12.8 Å². The van der Waals surface area contributed by atoms with Crippen molar-refractivity contribution in [2.45, 2.75) is 71.3 Å². The molecule has 0 bridgehead atoms. The second-order valence-electron chi connectivity index (χ2n) is 4.29. The molecule has 0 aromatic rings. The number of aliphatic hydroxyl groups is 1. The largest absolute Gasteiger partial charge is 0.392 e. The number of hydrogen-bond acceptors (Lipinski definition) is 2. The highest BCUT2D eigenvalue weighted by molar-refractivity contribution is 4.87. The van der Waals surface area contributed by atoms with Crippen LogP contribution in [0.4, 0.5) is 0 Å². The standard InChI is InChI=1S/C13H25NO/c1-3-5-6-7-8-10-13(15)12(11-14)9-4-2/h12-13,15H,3-10H2,1-2H3. The number of aliphatic hydroxyl groups excluding tert-OH is 1. The third-order valence-corrected chi connectivity index (χ3v) is 2.83. The molecule has 0 amide bonds. The first-order valence-corrected chi connectivity index (χ1v) is 6.33.